The molecule has 3 rings (SSSR count). The maximum Gasteiger partial charge on any atom is 0.261 e. The monoisotopic (exact) mass is 394 g/mol. The van der Waals surface area contributed by atoms with Crippen molar-refractivity contribution in [3.8, 4) is 0 Å². The summed E-state index contributed by atoms with van der Waals surface area (Å²) in [6, 6.07) is 13.5. The molecule has 9 heteroatoms. The Morgan fingerprint density at radius 2 is 1.77 bits per heavy atom. The summed E-state index contributed by atoms with van der Waals surface area (Å²) < 4.78 is 50.1. The van der Waals surface area contributed by atoms with Gasteiger partial charge < -0.3 is 5.32 Å². The van der Waals surface area contributed by atoms with Crippen LogP contribution in [-0.2, 0) is 19.9 Å². The van der Waals surface area contributed by atoms with E-state index in [9.17, 15) is 21.6 Å². The lowest BCUT2D eigenvalue weighted by atomic mass is 10.1. The summed E-state index contributed by atoms with van der Waals surface area (Å²) in [5.74, 6) is -0.443. The summed E-state index contributed by atoms with van der Waals surface area (Å²) >= 11 is 0. The van der Waals surface area contributed by atoms with Gasteiger partial charge in [0.25, 0.3) is 15.9 Å². The minimum absolute atomic E-state index is 0.0643. The number of benzene rings is 2. The molecule has 7 nitrogen and oxygen atoms in total. The Balaban J connectivity index is 1.73. The Morgan fingerprint density at radius 3 is 2.42 bits per heavy atom. The van der Waals surface area contributed by atoms with Crippen LogP contribution in [0, 0.1) is 0 Å². The first-order valence-corrected chi connectivity index (χ1v) is 11.2. The first kappa shape index (κ1) is 18.4. The van der Waals surface area contributed by atoms with E-state index in [0.717, 1.165) is 0 Å². The molecule has 1 aliphatic rings. The molecule has 1 atom stereocenters. The minimum atomic E-state index is -3.75. The van der Waals surface area contributed by atoms with Crippen molar-refractivity contribution in [2.24, 2.45) is 0 Å². The third-order valence-electron chi connectivity index (χ3n) is 4.00. The van der Waals surface area contributed by atoms with Crippen LogP contribution in [-0.4, -0.2) is 40.3 Å². The predicted octanol–water partition coefficient (Wildman–Crippen LogP) is 1.40. The second-order valence-corrected chi connectivity index (χ2v) is 9.98. The molecule has 1 amide bonds. The second-order valence-electron chi connectivity index (χ2n) is 6.07. The standard InChI is InChI=1S/C17H18N2O5S2/c20-17(18-15-9-10-25(21,22)12-15)13-5-4-6-14(11-13)19-26(23,24)16-7-2-1-3-8-16/h1-8,11,15,19H,9-10,12H2,(H,18,20)/t15-/m1/s1. The fourth-order valence-electron chi connectivity index (χ4n) is 2.72. The number of sulfone groups is 1. The zero-order valence-electron chi connectivity index (χ0n) is 13.8. The van der Waals surface area contributed by atoms with Gasteiger partial charge in [-0.25, -0.2) is 16.8 Å². The summed E-state index contributed by atoms with van der Waals surface area (Å²) in [4.78, 5) is 12.4. The van der Waals surface area contributed by atoms with Gasteiger partial charge in [-0.05, 0) is 36.8 Å². The van der Waals surface area contributed by atoms with Gasteiger partial charge in [-0.15, -0.1) is 0 Å². The number of nitrogens with one attached hydrogen (secondary N) is 2. The third kappa shape index (κ3) is 4.41. The van der Waals surface area contributed by atoms with Crippen molar-refractivity contribution < 1.29 is 21.6 Å². The highest BCUT2D eigenvalue weighted by Gasteiger charge is 2.29. The Bertz CT molecular complexity index is 1020. The van der Waals surface area contributed by atoms with E-state index >= 15 is 0 Å². The van der Waals surface area contributed by atoms with Gasteiger partial charge in [0.15, 0.2) is 9.84 Å². The number of anilines is 1. The number of hydrogen-bond acceptors (Lipinski definition) is 5. The molecule has 0 spiro atoms. The van der Waals surface area contributed by atoms with E-state index in [1.807, 2.05) is 0 Å². The fraction of sp³-hybridized carbons (Fsp3) is 0.235. The third-order valence-corrected chi connectivity index (χ3v) is 7.16. The van der Waals surface area contributed by atoms with Crippen LogP contribution >= 0.6 is 0 Å². The molecule has 0 saturated carbocycles. The first-order valence-electron chi connectivity index (χ1n) is 7.94. The number of rotatable bonds is 5. The Kier molecular flexibility index (Phi) is 5.01. The summed E-state index contributed by atoms with van der Waals surface area (Å²) in [5, 5.41) is 2.68. The van der Waals surface area contributed by atoms with Crippen molar-refractivity contribution >= 4 is 31.5 Å². The van der Waals surface area contributed by atoms with Crippen LogP contribution in [0.3, 0.4) is 0 Å². The van der Waals surface area contributed by atoms with E-state index in [1.54, 1.807) is 30.3 Å². The van der Waals surface area contributed by atoms with E-state index in [0.29, 0.717) is 6.42 Å². The number of hydrogen-bond donors (Lipinski definition) is 2. The number of amides is 1. The average molecular weight is 394 g/mol. The van der Waals surface area contributed by atoms with E-state index in [1.165, 1.54) is 24.3 Å². The molecule has 1 fully saturated rings. The number of sulfonamides is 1. The van der Waals surface area contributed by atoms with Crippen molar-refractivity contribution in [1.29, 1.82) is 0 Å². The predicted molar refractivity (Wildman–Crippen MR) is 98.2 cm³/mol. The van der Waals surface area contributed by atoms with E-state index in [-0.39, 0.29) is 27.7 Å². The van der Waals surface area contributed by atoms with Gasteiger partial charge in [-0.1, -0.05) is 24.3 Å². The zero-order valence-corrected chi connectivity index (χ0v) is 15.4. The first-order chi connectivity index (χ1) is 12.3. The van der Waals surface area contributed by atoms with Gasteiger partial charge in [0.2, 0.25) is 0 Å². The normalized spacial score (nSPS) is 19.0. The van der Waals surface area contributed by atoms with Gasteiger partial charge in [0.05, 0.1) is 16.4 Å². The van der Waals surface area contributed by atoms with Crippen LogP contribution < -0.4 is 10.0 Å². The van der Waals surface area contributed by atoms with Crippen molar-refractivity contribution in [3.05, 3.63) is 60.2 Å². The average Bonchev–Trinajstić information content (AvgIpc) is 2.94. The molecular formula is C17H18N2O5S2. The molecule has 138 valence electrons. The molecule has 1 aliphatic heterocycles. The highest BCUT2D eigenvalue weighted by molar-refractivity contribution is 7.92. The van der Waals surface area contributed by atoms with Crippen molar-refractivity contribution in [3.63, 3.8) is 0 Å². The second kappa shape index (κ2) is 7.08. The van der Waals surface area contributed by atoms with Crippen LogP contribution in [0.15, 0.2) is 59.5 Å². The van der Waals surface area contributed by atoms with Crippen LogP contribution in [0.25, 0.3) is 0 Å². The minimum Gasteiger partial charge on any atom is -0.348 e. The van der Waals surface area contributed by atoms with Crippen molar-refractivity contribution in [1.82, 2.24) is 5.32 Å². The Morgan fingerprint density at radius 1 is 1.04 bits per heavy atom. The van der Waals surface area contributed by atoms with Crippen molar-refractivity contribution in [2.45, 2.75) is 17.4 Å². The van der Waals surface area contributed by atoms with Gasteiger partial charge in [0.1, 0.15) is 0 Å². The highest BCUT2D eigenvalue weighted by Crippen LogP contribution is 2.18. The molecule has 0 aromatic heterocycles. The van der Waals surface area contributed by atoms with E-state index in [2.05, 4.69) is 10.0 Å². The van der Waals surface area contributed by atoms with E-state index in [4.69, 9.17) is 0 Å². The SMILES string of the molecule is O=C(N[C@@H]1CCS(=O)(=O)C1)c1cccc(NS(=O)(=O)c2ccccc2)c1. The maximum absolute atomic E-state index is 12.4. The fourth-order valence-corrected chi connectivity index (χ4v) is 5.46. The quantitative estimate of drug-likeness (QED) is 0.797. The molecule has 2 aromatic rings. The molecule has 2 aromatic carbocycles. The summed E-state index contributed by atoms with van der Waals surface area (Å²) in [5.41, 5.74) is 0.503. The lowest BCUT2D eigenvalue weighted by Crippen LogP contribution is -2.35. The van der Waals surface area contributed by atoms with Crippen molar-refractivity contribution in [2.75, 3.05) is 16.2 Å². The lowest BCUT2D eigenvalue weighted by molar-refractivity contribution is 0.0941. The van der Waals surface area contributed by atoms with Crippen LogP contribution in [0.1, 0.15) is 16.8 Å². The number of carbonyl (C=O) groups excluding carboxylic acids is 1. The molecule has 1 saturated heterocycles. The smallest absolute Gasteiger partial charge is 0.261 e. The Labute approximate surface area is 152 Å². The van der Waals surface area contributed by atoms with Gasteiger partial charge in [-0.2, -0.15) is 0 Å². The zero-order chi connectivity index (χ0) is 18.8. The molecule has 0 unspecified atom stereocenters. The molecule has 1 heterocycles. The van der Waals surface area contributed by atoms with E-state index < -0.39 is 31.8 Å². The lowest BCUT2D eigenvalue weighted by Gasteiger charge is -2.12. The summed E-state index contributed by atoms with van der Waals surface area (Å²) in [6.07, 6.45) is 0.383. The van der Waals surface area contributed by atoms with Crippen LogP contribution in [0.5, 0.6) is 0 Å². The van der Waals surface area contributed by atoms with Gasteiger partial charge in [0, 0.05) is 17.3 Å². The Hall–Kier alpha value is -2.39. The molecule has 0 bridgehead atoms. The van der Waals surface area contributed by atoms with Gasteiger partial charge >= 0.3 is 0 Å². The molecule has 26 heavy (non-hydrogen) atoms. The van der Waals surface area contributed by atoms with Gasteiger partial charge in [-0.3, -0.25) is 9.52 Å². The molecule has 0 radical (unpaired) electrons. The molecular weight excluding hydrogens is 376 g/mol. The number of carbonyl (C=O) groups is 1. The summed E-state index contributed by atoms with van der Waals surface area (Å²) in [6.45, 7) is 0. The van der Waals surface area contributed by atoms with Crippen LogP contribution in [0.4, 0.5) is 5.69 Å². The highest BCUT2D eigenvalue weighted by atomic mass is 32.2. The molecule has 2 N–H and O–H groups in total. The maximum atomic E-state index is 12.4. The summed E-state index contributed by atoms with van der Waals surface area (Å²) in [7, 11) is -6.85. The molecule has 0 aliphatic carbocycles. The van der Waals surface area contributed by atoms with Crippen LogP contribution in [0.2, 0.25) is 0 Å². The topological polar surface area (TPSA) is 109 Å². The largest absolute Gasteiger partial charge is 0.348 e.